The number of benzene rings is 1. The molecule has 2 aromatic rings. The highest BCUT2D eigenvalue weighted by molar-refractivity contribution is 5.69. The summed E-state index contributed by atoms with van der Waals surface area (Å²) < 4.78 is 5.79. The van der Waals surface area contributed by atoms with Gasteiger partial charge >= 0.3 is 5.97 Å². The van der Waals surface area contributed by atoms with E-state index in [2.05, 4.69) is 0 Å². The Labute approximate surface area is 118 Å². The summed E-state index contributed by atoms with van der Waals surface area (Å²) in [5.74, 6) is 0.508. The van der Waals surface area contributed by atoms with Gasteiger partial charge in [-0.3, -0.25) is 9.69 Å². The minimum atomic E-state index is -0.777. The molecule has 1 aromatic heterocycles. The highest BCUT2D eigenvalue weighted by atomic mass is 16.4. The fourth-order valence-corrected chi connectivity index (χ4v) is 2.10. The molecule has 1 aromatic carbocycles. The first kappa shape index (κ1) is 14.3. The van der Waals surface area contributed by atoms with E-state index in [-0.39, 0.29) is 5.92 Å². The van der Waals surface area contributed by atoms with Crippen LogP contribution in [-0.4, -0.2) is 29.6 Å². The fraction of sp³-hybridized carbons (Fsp3) is 0.312. The van der Waals surface area contributed by atoms with Crippen LogP contribution in [0.2, 0.25) is 0 Å². The third-order valence-electron chi connectivity index (χ3n) is 3.15. The number of aliphatic carboxylic acids is 1. The molecule has 1 heterocycles. The van der Waals surface area contributed by atoms with Gasteiger partial charge in [0.2, 0.25) is 0 Å². The SMILES string of the molecule is CC(CN(C)Cc1ccc(-c2ccccc2)o1)C(=O)O. The van der Waals surface area contributed by atoms with Crippen molar-refractivity contribution in [3.8, 4) is 11.3 Å². The molecule has 0 aliphatic rings. The zero-order valence-corrected chi connectivity index (χ0v) is 11.7. The molecule has 0 fully saturated rings. The zero-order chi connectivity index (χ0) is 14.5. The number of carboxylic acids is 1. The Hall–Kier alpha value is -2.07. The average molecular weight is 273 g/mol. The second-order valence-corrected chi connectivity index (χ2v) is 5.07. The van der Waals surface area contributed by atoms with Crippen molar-refractivity contribution in [1.82, 2.24) is 4.90 Å². The van der Waals surface area contributed by atoms with Gasteiger partial charge in [-0.1, -0.05) is 37.3 Å². The monoisotopic (exact) mass is 273 g/mol. The molecule has 106 valence electrons. The molecule has 4 heteroatoms. The van der Waals surface area contributed by atoms with E-state index < -0.39 is 5.97 Å². The van der Waals surface area contributed by atoms with Crippen molar-refractivity contribution < 1.29 is 14.3 Å². The van der Waals surface area contributed by atoms with E-state index in [0.717, 1.165) is 17.1 Å². The summed E-state index contributed by atoms with van der Waals surface area (Å²) in [5.41, 5.74) is 1.04. The third-order valence-corrected chi connectivity index (χ3v) is 3.15. The number of hydrogen-bond acceptors (Lipinski definition) is 3. The zero-order valence-electron chi connectivity index (χ0n) is 11.7. The maximum atomic E-state index is 10.8. The molecule has 0 saturated carbocycles. The second-order valence-electron chi connectivity index (χ2n) is 5.07. The molecule has 1 unspecified atom stereocenters. The molecule has 0 amide bonds. The Morgan fingerprint density at radius 2 is 1.95 bits per heavy atom. The first-order valence-electron chi connectivity index (χ1n) is 6.61. The number of rotatable bonds is 6. The normalized spacial score (nSPS) is 12.6. The van der Waals surface area contributed by atoms with Crippen molar-refractivity contribution in [3.63, 3.8) is 0 Å². The van der Waals surface area contributed by atoms with Gasteiger partial charge in [-0.25, -0.2) is 0 Å². The Morgan fingerprint density at radius 3 is 2.60 bits per heavy atom. The number of hydrogen-bond donors (Lipinski definition) is 1. The molecule has 1 atom stereocenters. The molecule has 0 aliphatic carbocycles. The molecule has 0 aliphatic heterocycles. The van der Waals surface area contributed by atoms with Crippen LogP contribution in [0.25, 0.3) is 11.3 Å². The number of carbonyl (C=O) groups is 1. The molecule has 20 heavy (non-hydrogen) atoms. The van der Waals surface area contributed by atoms with Crippen molar-refractivity contribution in [2.24, 2.45) is 5.92 Å². The van der Waals surface area contributed by atoms with E-state index in [1.165, 1.54) is 0 Å². The maximum Gasteiger partial charge on any atom is 0.307 e. The molecule has 1 N–H and O–H groups in total. The van der Waals surface area contributed by atoms with Crippen LogP contribution in [0.3, 0.4) is 0 Å². The molecular weight excluding hydrogens is 254 g/mol. The van der Waals surface area contributed by atoms with E-state index in [0.29, 0.717) is 13.1 Å². The molecular formula is C16H19NO3. The van der Waals surface area contributed by atoms with Crippen molar-refractivity contribution in [2.45, 2.75) is 13.5 Å². The number of nitrogens with zero attached hydrogens (tertiary/aromatic N) is 1. The van der Waals surface area contributed by atoms with Gasteiger partial charge < -0.3 is 9.52 Å². The molecule has 2 rings (SSSR count). The molecule has 0 spiro atoms. The fourth-order valence-electron chi connectivity index (χ4n) is 2.10. The predicted octanol–water partition coefficient (Wildman–Crippen LogP) is 3.10. The van der Waals surface area contributed by atoms with Gasteiger partial charge in [-0.05, 0) is 19.2 Å². The molecule has 0 bridgehead atoms. The summed E-state index contributed by atoms with van der Waals surface area (Å²) in [6.07, 6.45) is 0. The van der Waals surface area contributed by atoms with Crippen molar-refractivity contribution in [3.05, 3.63) is 48.2 Å². The average Bonchev–Trinajstić information content (AvgIpc) is 2.88. The highest BCUT2D eigenvalue weighted by Gasteiger charge is 2.14. The van der Waals surface area contributed by atoms with Crippen molar-refractivity contribution in [2.75, 3.05) is 13.6 Å². The molecule has 4 nitrogen and oxygen atoms in total. The van der Waals surface area contributed by atoms with Gasteiger partial charge in [0.25, 0.3) is 0 Å². The van der Waals surface area contributed by atoms with Gasteiger partial charge in [0.05, 0.1) is 12.5 Å². The third kappa shape index (κ3) is 3.71. The summed E-state index contributed by atoms with van der Waals surface area (Å²) in [4.78, 5) is 12.8. The van der Waals surface area contributed by atoms with Crippen molar-refractivity contribution in [1.29, 1.82) is 0 Å². The lowest BCUT2D eigenvalue weighted by Crippen LogP contribution is -2.28. The number of furan rings is 1. The van der Waals surface area contributed by atoms with Crippen LogP contribution in [0.4, 0.5) is 0 Å². The Kier molecular flexibility index (Phi) is 4.58. The molecule has 0 saturated heterocycles. The summed E-state index contributed by atoms with van der Waals surface area (Å²) in [6, 6.07) is 13.8. The first-order valence-corrected chi connectivity index (χ1v) is 6.61. The summed E-state index contributed by atoms with van der Waals surface area (Å²) >= 11 is 0. The van der Waals surface area contributed by atoms with Gasteiger partial charge in [0.15, 0.2) is 0 Å². The van der Waals surface area contributed by atoms with E-state index in [1.54, 1.807) is 6.92 Å². The van der Waals surface area contributed by atoms with Crippen LogP contribution < -0.4 is 0 Å². The van der Waals surface area contributed by atoms with Gasteiger partial charge in [0.1, 0.15) is 11.5 Å². The van der Waals surface area contributed by atoms with E-state index in [1.807, 2.05) is 54.4 Å². The minimum Gasteiger partial charge on any atom is -0.481 e. The quantitative estimate of drug-likeness (QED) is 0.878. The Balaban J connectivity index is 1.98. The minimum absolute atomic E-state index is 0.386. The topological polar surface area (TPSA) is 53.7 Å². The largest absolute Gasteiger partial charge is 0.481 e. The van der Waals surface area contributed by atoms with Crippen LogP contribution >= 0.6 is 0 Å². The van der Waals surface area contributed by atoms with Crippen LogP contribution in [0.15, 0.2) is 46.9 Å². The second kappa shape index (κ2) is 6.39. The summed E-state index contributed by atoms with van der Waals surface area (Å²) in [6.45, 7) is 2.80. The summed E-state index contributed by atoms with van der Waals surface area (Å²) in [5, 5.41) is 8.90. The van der Waals surface area contributed by atoms with E-state index >= 15 is 0 Å². The Bertz CT molecular complexity index is 562. The lowest BCUT2D eigenvalue weighted by atomic mass is 10.2. The van der Waals surface area contributed by atoms with Gasteiger partial charge in [-0.2, -0.15) is 0 Å². The van der Waals surface area contributed by atoms with Gasteiger partial charge in [0, 0.05) is 12.1 Å². The van der Waals surface area contributed by atoms with Crippen LogP contribution in [0.1, 0.15) is 12.7 Å². The summed E-state index contributed by atoms with van der Waals surface area (Å²) in [7, 11) is 1.89. The smallest absolute Gasteiger partial charge is 0.307 e. The predicted molar refractivity (Wildman–Crippen MR) is 77.3 cm³/mol. The molecule has 0 radical (unpaired) electrons. The maximum absolute atomic E-state index is 10.8. The standard InChI is InChI=1S/C16H19NO3/c1-12(16(18)19)10-17(2)11-14-8-9-15(20-14)13-6-4-3-5-7-13/h3-9,12H,10-11H2,1-2H3,(H,18,19). The lowest BCUT2D eigenvalue weighted by Gasteiger charge is -2.17. The van der Waals surface area contributed by atoms with Crippen LogP contribution in [0, 0.1) is 5.92 Å². The van der Waals surface area contributed by atoms with Gasteiger partial charge in [-0.15, -0.1) is 0 Å². The van der Waals surface area contributed by atoms with Crippen LogP contribution in [-0.2, 0) is 11.3 Å². The van der Waals surface area contributed by atoms with Crippen molar-refractivity contribution >= 4 is 5.97 Å². The number of carboxylic acid groups (broad SMARTS) is 1. The van der Waals surface area contributed by atoms with E-state index in [9.17, 15) is 4.79 Å². The lowest BCUT2D eigenvalue weighted by molar-refractivity contribution is -0.141. The van der Waals surface area contributed by atoms with E-state index in [4.69, 9.17) is 9.52 Å². The first-order chi connectivity index (χ1) is 9.56. The highest BCUT2D eigenvalue weighted by Crippen LogP contribution is 2.22. The van der Waals surface area contributed by atoms with Crippen LogP contribution in [0.5, 0.6) is 0 Å². The Morgan fingerprint density at radius 1 is 1.25 bits per heavy atom.